The van der Waals surface area contributed by atoms with Crippen molar-refractivity contribution in [3.63, 3.8) is 0 Å². The lowest BCUT2D eigenvalue weighted by atomic mass is 9.96. The van der Waals surface area contributed by atoms with Crippen molar-refractivity contribution in [2.24, 2.45) is 0 Å². The first-order chi connectivity index (χ1) is 17.6. The number of rotatable bonds is 4. The molecule has 0 radical (unpaired) electrons. The number of nitrogens with zero attached hydrogens (tertiary/aromatic N) is 4. The number of nitriles is 1. The summed E-state index contributed by atoms with van der Waals surface area (Å²) in [6.45, 7) is 5.95. The van der Waals surface area contributed by atoms with E-state index in [1.807, 2.05) is 32.8 Å². The van der Waals surface area contributed by atoms with Crippen molar-refractivity contribution >= 4 is 28.2 Å². The molecule has 0 bridgehead atoms. The number of hydrogen-bond donors (Lipinski definition) is 2. The summed E-state index contributed by atoms with van der Waals surface area (Å²) in [5, 5.41) is 25.0. The van der Waals surface area contributed by atoms with Gasteiger partial charge in [0, 0.05) is 37.1 Å². The van der Waals surface area contributed by atoms with Crippen LogP contribution in [0.2, 0.25) is 5.02 Å². The highest BCUT2D eigenvalue weighted by Crippen LogP contribution is 2.50. The SMILES string of the molecule is C[C@@H]1CN(c2c(C#N)c(=O)n3c4c(c(-c5c(O)cccc5F)c(Cl)cc24)OC[C@H]3CN(C)C)[C@@H](C)CN1. The van der Waals surface area contributed by atoms with E-state index in [0.717, 1.165) is 0 Å². The molecule has 2 aromatic carbocycles. The first-order valence-electron chi connectivity index (χ1n) is 12.2. The fourth-order valence-corrected chi connectivity index (χ4v) is 5.81. The predicted octanol–water partition coefficient (Wildman–Crippen LogP) is 3.72. The van der Waals surface area contributed by atoms with E-state index in [1.54, 1.807) is 10.6 Å². The molecule has 0 amide bonds. The van der Waals surface area contributed by atoms with Gasteiger partial charge in [-0.2, -0.15) is 5.26 Å². The smallest absolute Gasteiger partial charge is 0.271 e. The van der Waals surface area contributed by atoms with Gasteiger partial charge in [0.2, 0.25) is 0 Å². The van der Waals surface area contributed by atoms with E-state index in [1.165, 1.54) is 18.2 Å². The lowest BCUT2D eigenvalue weighted by Crippen LogP contribution is -2.55. The number of ether oxygens (including phenoxy) is 1. The van der Waals surface area contributed by atoms with Gasteiger partial charge in [0.25, 0.3) is 5.56 Å². The summed E-state index contributed by atoms with van der Waals surface area (Å²) in [7, 11) is 3.79. The molecule has 3 atom stereocenters. The second-order valence-corrected chi connectivity index (χ2v) is 10.5. The number of benzene rings is 2. The molecule has 8 nitrogen and oxygen atoms in total. The minimum Gasteiger partial charge on any atom is -0.507 e. The average Bonchev–Trinajstić information content (AvgIpc) is 2.84. The highest BCUT2D eigenvalue weighted by atomic mass is 35.5. The Kier molecular flexibility index (Phi) is 6.52. The Hall–Kier alpha value is -3.32. The van der Waals surface area contributed by atoms with Crippen LogP contribution in [-0.4, -0.2) is 67.0 Å². The molecule has 2 aliphatic rings. The Morgan fingerprint density at radius 3 is 2.76 bits per heavy atom. The molecule has 2 N–H and O–H groups in total. The van der Waals surface area contributed by atoms with Crippen LogP contribution >= 0.6 is 11.6 Å². The van der Waals surface area contributed by atoms with Crippen molar-refractivity contribution in [3.05, 3.63) is 51.0 Å². The van der Waals surface area contributed by atoms with E-state index in [2.05, 4.69) is 16.3 Å². The van der Waals surface area contributed by atoms with E-state index in [0.29, 0.717) is 36.2 Å². The van der Waals surface area contributed by atoms with Gasteiger partial charge in [-0.1, -0.05) is 17.7 Å². The van der Waals surface area contributed by atoms with Crippen molar-refractivity contribution in [1.29, 1.82) is 5.26 Å². The van der Waals surface area contributed by atoms with Crippen LogP contribution in [0, 0.1) is 17.1 Å². The predicted molar refractivity (Wildman–Crippen MR) is 142 cm³/mol. The Labute approximate surface area is 219 Å². The van der Waals surface area contributed by atoms with Gasteiger partial charge in [0.05, 0.1) is 33.4 Å². The average molecular weight is 526 g/mol. The maximum absolute atomic E-state index is 15.1. The first-order valence-corrected chi connectivity index (χ1v) is 12.6. The fraction of sp³-hybridized carbons (Fsp3) is 0.407. The standard InChI is InChI=1S/C27H29ClFN5O3/c1-14-11-33(15(2)10-31-14)24-17-8-19(28)22(23-20(29)6-5-7-21(23)35)26-25(17)34(27(36)18(24)9-30)16(13-37-26)12-32(3)4/h5-8,14-16,31,35H,10-13H2,1-4H3/t14-,15+,16-/m1/s1. The lowest BCUT2D eigenvalue weighted by molar-refractivity contribution is 0.199. The normalized spacial score (nSPS) is 21.2. The van der Waals surface area contributed by atoms with Crippen LogP contribution in [0.15, 0.2) is 29.1 Å². The lowest BCUT2D eigenvalue weighted by Gasteiger charge is -2.41. The summed E-state index contributed by atoms with van der Waals surface area (Å²) >= 11 is 6.81. The zero-order valence-electron chi connectivity index (χ0n) is 21.2. The molecule has 10 heteroatoms. The molecule has 37 heavy (non-hydrogen) atoms. The number of phenols is 1. The Bertz CT molecular complexity index is 1480. The van der Waals surface area contributed by atoms with Gasteiger partial charge in [-0.3, -0.25) is 9.36 Å². The number of likely N-dealkylation sites (N-methyl/N-ethyl adjacent to an activating group) is 1. The number of piperazine rings is 1. The Morgan fingerprint density at radius 2 is 2.08 bits per heavy atom. The van der Waals surface area contributed by atoms with Gasteiger partial charge in [-0.25, -0.2) is 4.39 Å². The molecule has 2 aliphatic heterocycles. The maximum atomic E-state index is 15.1. The number of phenolic OH excluding ortho intramolecular Hbond substituents is 1. The molecule has 0 spiro atoms. The third-order valence-corrected chi connectivity index (χ3v) is 7.44. The number of nitrogens with one attached hydrogen (secondary N) is 1. The largest absolute Gasteiger partial charge is 0.507 e. The van der Waals surface area contributed by atoms with Gasteiger partial charge < -0.3 is 25.0 Å². The van der Waals surface area contributed by atoms with Crippen LogP contribution < -0.4 is 20.5 Å². The summed E-state index contributed by atoms with van der Waals surface area (Å²) in [4.78, 5) is 18.0. The maximum Gasteiger partial charge on any atom is 0.271 e. The van der Waals surface area contributed by atoms with Gasteiger partial charge >= 0.3 is 0 Å². The second-order valence-electron chi connectivity index (χ2n) is 10.1. The summed E-state index contributed by atoms with van der Waals surface area (Å²) in [5.74, 6) is -0.732. The van der Waals surface area contributed by atoms with Crippen LogP contribution in [0.1, 0.15) is 25.5 Å². The molecule has 194 valence electrons. The minimum atomic E-state index is -0.663. The van der Waals surface area contributed by atoms with E-state index < -0.39 is 11.4 Å². The molecule has 5 rings (SSSR count). The van der Waals surface area contributed by atoms with E-state index in [9.17, 15) is 15.2 Å². The van der Waals surface area contributed by atoms with Crippen molar-refractivity contribution < 1.29 is 14.2 Å². The molecule has 0 saturated carbocycles. The summed E-state index contributed by atoms with van der Waals surface area (Å²) in [6, 6.07) is 7.60. The molecule has 0 aliphatic carbocycles. The summed E-state index contributed by atoms with van der Waals surface area (Å²) in [5.41, 5.74) is 0.648. The van der Waals surface area contributed by atoms with E-state index in [-0.39, 0.29) is 57.9 Å². The summed E-state index contributed by atoms with van der Waals surface area (Å²) < 4.78 is 22.9. The van der Waals surface area contributed by atoms with E-state index >= 15 is 4.39 Å². The Morgan fingerprint density at radius 1 is 1.32 bits per heavy atom. The first kappa shape index (κ1) is 25.3. The molecular weight excluding hydrogens is 497 g/mol. The fourth-order valence-electron chi connectivity index (χ4n) is 5.52. The topological polar surface area (TPSA) is 93.8 Å². The van der Waals surface area contributed by atoms with Crippen LogP contribution in [-0.2, 0) is 0 Å². The molecular formula is C27H29ClFN5O3. The van der Waals surface area contributed by atoms with Gasteiger partial charge in [-0.15, -0.1) is 0 Å². The number of aromatic nitrogens is 1. The van der Waals surface area contributed by atoms with E-state index in [4.69, 9.17) is 16.3 Å². The van der Waals surface area contributed by atoms with Gasteiger partial charge in [0.1, 0.15) is 29.8 Å². The minimum absolute atomic E-state index is 0.000644. The van der Waals surface area contributed by atoms with Crippen LogP contribution in [0.25, 0.3) is 22.0 Å². The van der Waals surface area contributed by atoms with Crippen molar-refractivity contribution in [2.45, 2.75) is 32.0 Å². The monoisotopic (exact) mass is 525 g/mol. The van der Waals surface area contributed by atoms with Crippen LogP contribution in [0.3, 0.4) is 0 Å². The van der Waals surface area contributed by atoms with Crippen molar-refractivity contribution in [2.75, 3.05) is 45.2 Å². The highest BCUT2D eigenvalue weighted by Gasteiger charge is 2.36. The zero-order valence-corrected chi connectivity index (χ0v) is 21.9. The molecule has 1 fully saturated rings. The number of hydrogen-bond acceptors (Lipinski definition) is 7. The van der Waals surface area contributed by atoms with Crippen LogP contribution in [0.5, 0.6) is 11.5 Å². The molecule has 1 saturated heterocycles. The second kappa shape index (κ2) is 9.53. The molecule has 0 unspecified atom stereocenters. The van der Waals surface area contributed by atoms with Crippen LogP contribution in [0.4, 0.5) is 10.1 Å². The Balaban J connectivity index is 1.94. The third kappa shape index (κ3) is 4.09. The zero-order chi connectivity index (χ0) is 26.6. The quantitative estimate of drug-likeness (QED) is 0.536. The number of halogens is 2. The van der Waals surface area contributed by atoms with Crippen molar-refractivity contribution in [1.82, 2.24) is 14.8 Å². The van der Waals surface area contributed by atoms with Crippen molar-refractivity contribution in [3.8, 4) is 28.7 Å². The highest BCUT2D eigenvalue weighted by molar-refractivity contribution is 6.35. The number of pyridine rings is 1. The molecule has 1 aromatic heterocycles. The van der Waals surface area contributed by atoms with Gasteiger partial charge in [0.15, 0.2) is 5.75 Å². The molecule has 3 heterocycles. The number of anilines is 1. The third-order valence-electron chi connectivity index (χ3n) is 7.14. The van der Waals surface area contributed by atoms with Gasteiger partial charge in [-0.05, 0) is 46.1 Å². The molecule has 3 aromatic rings. The summed E-state index contributed by atoms with van der Waals surface area (Å²) in [6.07, 6.45) is 0. The number of aromatic hydroxyl groups is 1.